The molecule has 104 valence electrons. The summed E-state index contributed by atoms with van der Waals surface area (Å²) in [5.41, 5.74) is 1.37. The Hall–Kier alpha value is -0.900. The lowest BCUT2D eigenvalue weighted by Crippen LogP contribution is -2.53. The highest BCUT2D eigenvalue weighted by molar-refractivity contribution is 5.15. The quantitative estimate of drug-likeness (QED) is 0.835. The standard InChI is InChI=1S/C16H23NO2/c1-16(18-11-12-19-16)15-9-5-6-10-17(15)13-14-7-3-2-4-8-14/h2-4,7-8,15H,5-6,9-13H2,1H3. The summed E-state index contributed by atoms with van der Waals surface area (Å²) in [4.78, 5) is 2.53. The lowest BCUT2D eigenvalue weighted by Gasteiger charge is -2.43. The molecule has 0 spiro atoms. The van der Waals surface area contributed by atoms with Crippen LogP contribution in [0.2, 0.25) is 0 Å². The molecule has 2 saturated heterocycles. The molecule has 3 rings (SSSR count). The van der Waals surface area contributed by atoms with E-state index >= 15 is 0 Å². The van der Waals surface area contributed by atoms with E-state index in [4.69, 9.17) is 9.47 Å². The fourth-order valence-electron chi connectivity index (χ4n) is 3.31. The Morgan fingerprint density at radius 2 is 1.89 bits per heavy atom. The molecule has 1 aromatic carbocycles. The van der Waals surface area contributed by atoms with Crippen molar-refractivity contribution >= 4 is 0 Å². The summed E-state index contributed by atoms with van der Waals surface area (Å²) < 4.78 is 11.8. The Labute approximate surface area is 115 Å². The van der Waals surface area contributed by atoms with Gasteiger partial charge in [0.1, 0.15) is 0 Å². The molecule has 0 N–H and O–H groups in total. The van der Waals surface area contributed by atoms with Gasteiger partial charge in [-0.15, -0.1) is 0 Å². The van der Waals surface area contributed by atoms with Crippen molar-refractivity contribution in [3.63, 3.8) is 0 Å². The van der Waals surface area contributed by atoms with Crippen molar-refractivity contribution in [3.05, 3.63) is 35.9 Å². The molecule has 1 atom stereocenters. The van der Waals surface area contributed by atoms with Crippen molar-refractivity contribution in [1.82, 2.24) is 4.90 Å². The van der Waals surface area contributed by atoms with Crippen molar-refractivity contribution in [1.29, 1.82) is 0 Å². The Kier molecular flexibility index (Phi) is 3.87. The summed E-state index contributed by atoms with van der Waals surface area (Å²) in [6.45, 7) is 5.70. The maximum absolute atomic E-state index is 5.88. The summed E-state index contributed by atoms with van der Waals surface area (Å²) in [6.07, 6.45) is 3.72. The van der Waals surface area contributed by atoms with Crippen molar-refractivity contribution < 1.29 is 9.47 Å². The number of piperidine rings is 1. The van der Waals surface area contributed by atoms with Gasteiger partial charge in [-0.3, -0.25) is 4.90 Å². The van der Waals surface area contributed by atoms with Gasteiger partial charge in [-0.25, -0.2) is 0 Å². The van der Waals surface area contributed by atoms with Crippen LogP contribution in [0.3, 0.4) is 0 Å². The first kappa shape index (κ1) is 13.1. The summed E-state index contributed by atoms with van der Waals surface area (Å²) in [6, 6.07) is 11.1. The zero-order chi connectivity index (χ0) is 13.1. The molecule has 3 nitrogen and oxygen atoms in total. The maximum Gasteiger partial charge on any atom is 0.181 e. The number of nitrogens with zero attached hydrogens (tertiary/aromatic N) is 1. The topological polar surface area (TPSA) is 21.7 Å². The molecule has 2 fully saturated rings. The number of hydrogen-bond acceptors (Lipinski definition) is 3. The molecule has 2 heterocycles. The number of benzene rings is 1. The van der Waals surface area contributed by atoms with Crippen LogP contribution in [0.1, 0.15) is 31.7 Å². The van der Waals surface area contributed by atoms with E-state index in [0.717, 1.165) is 26.3 Å². The first-order chi connectivity index (χ1) is 9.28. The van der Waals surface area contributed by atoms with Gasteiger partial charge in [0.2, 0.25) is 0 Å². The summed E-state index contributed by atoms with van der Waals surface area (Å²) in [5, 5.41) is 0. The second-order valence-electron chi connectivity index (χ2n) is 5.68. The van der Waals surface area contributed by atoms with E-state index in [9.17, 15) is 0 Å². The average molecular weight is 261 g/mol. The van der Waals surface area contributed by atoms with Crippen LogP contribution in [0, 0.1) is 0 Å². The van der Waals surface area contributed by atoms with Gasteiger partial charge < -0.3 is 9.47 Å². The van der Waals surface area contributed by atoms with E-state index in [1.54, 1.807) is 0 Å². The second-order valence-corrected chi connectivity index (χ2v) is 5.68. The van der Waals surface area contributed by atoms with Crippen LogP contribution in [0.5, 0.6) is 0 Å². The highest BCUT2D eigenvalue weighted by Crippen LogP contribution is 2.33. The van der Waals surface area contributed by atoms with E-state index in [0.29, 0.717) is 6.04 Å². The van der Waals surface area contributed by atoms with Gasteiger partial charge in [0.15, 0.2) is 5.79 Å². The first-order valence-corrected chi connectivity index (χ1v) is 7.34. The van der Waals surface area contributed by atoms with Crippen LogP contribution in [-0.4, -0.2) is 36.5 Å². The van der Waals surface area contributed by atoms with Gasteiger partial charge in [-0.2, -0.15) is 0 Å². The maximum atomic E-state index is 5.88. The minimum atomic E-state index is -0.408. The molecule has 19 heavy (non-hydrogen) atoms. The van der Waals surface area contributed by atoms with Gasteiger partial charge in [0.25, 0.3) is 0 Å². The summed E-state index contributed by atoms with van der Waals surface area (Å²) in [7, 11) is 0. The van der Waals surface area contributed by atoms with Crippen molar-refractivity contribution in [2.24, 2.45) is 0 Å². The van der Waals surface area contributed by atoms with Crippen LogP contribution in [-0.2, 0) is 16.0 Å². The predicted octanol–water partition coefficient (Wildman–Crippen LogP) is 2.80. The highest BCUT2D eigenvalue weighted by Gasteiger charge is 2.43. The lowest BCUT2D eigenvalue weighted by molar-refractivity contribution is -0.197. The second kappa shape index (κ2) is 5.61. The normalized spacial score (nSPS) is 27.5. The van der Waals surface area contributed by atoms with Gasteiger partial charge in [0.05, 0.1) is 19.3 Å². The van der Waals surface area contributed by atoms with Crippen molar-refractivity contribution in [2.75, 3.05) is 19.8 Å². The molecule has 3 heteroatoms. The predicted molar refractivity (Wildman–Crippen MR) is 74.8 cm³/mol. The molecule has 0 radical (unpaired) electrons. The monoisotopic (exact) mass is 261 g/mol. The van der Waals surface area contributed by atoms with E-state index in [1.807, 2.05) is 0 Å². The molecule has 0 aromatic heterocycles. The van der Waals surface area contributed by atoms with E-state index in [-0.39, 0.29) is 0 Å². The third kappa shape index (κ3) is 2.83. The fraction of sp³-hybridized carbons (Fsp3) is 0.625. The van der Waals surface area contributed by atoms with Crippen LogP contribution in [0.25, 0.3) is 0 Å². The zero-order valence-corrected chi connectivity index (χ0v) is 11.7. The van der Waals surface area contributed by atoms with Crippen LogP contribution in [0.15, 0.2) is 30.3 Å². The Balaban J connectivity index is 1.74. The molecule has 2 aliphatic rings. The Bertz CT molecular complexity index is 400. The van der Waals surface area contributed by atoms with E-state index < -0.39 is 5.79 Å². The molecule has 1 aromatic rings. The highest BCUT2D eigenvalue weighted by atomic mass is 16.7. The molecular weight excluding hydrogens is 238 g/mol. The zero-order valence-electron chi connectivity index (χ0n) is 11.7. The Morgan fingerprint density at radius 1 is 1.16 bits per heavy atom. The minimum Gasteiger partial charge on any atom is -0.346 e. The average Bonchev–Trinajstić information content (AvgIpc) is 2.88. The first-order valence-electron chi connectivity index (χ1n) is 7.34. The SMILES string of the molecule is CC1(C2CCCCN2Cc2ccccc2)OCCO1. The number of likely N-dealkylation sites (tertiary alicyclic amines) is 1. The van der Waals surface area contributed by atoms with Crippen LogP contribution in [0.4, 0.5) is 0 Å². The van der Waals surface area contributed by atoms with Crippen molar-refractivity contribution in [2.45, 2.75) is 44.6 Å². The molecular formula is C16H23NO2. The molecule has 0 aliphatic carbocycles. The van der Waals surface area contributed by atoms with Gasteiger partial charge in [-0.05, 0) is 31.9 Å². The molecule has 0 amide bonds. The van der Waals surface area contributed by atoms with Gasteiger partial charge in [-0.1, -0.05) is 36.8 Å². The van der Waals surface area contributed by atoms with Crippen LogP contribution < -0.4 is 0 Å². The number of hydrogen-bond donors (Lipinski definition) is 0. The smallest absolute Gasteiger partial charge is 0.181 e. The molecule has 0 bridgehead atoms. The number of ether oxygens (including phenoxy) is 2. The largest absolute Gasteiger partial charge is 0.346 e. The molecule has 0 saturated carbocycles. The summed E-state index contributed by atoms with van der Waals surface area (Å²) in [5.74, 6) is -0.408. The van der Waals surface area contributed by atoms with E-state index in [1.165, 1.54) is 24.8 Å². The summed E-state index contributed by atoms with van der Waals surface area (Å²) >= 11 is 0. The third-order valence-corrected chi connectivity index (χ3v) is 4.31. The Morgan fingerprint density at radius 3 is 2.63 bits per heavy atom. The lowest BCUT2D eigenvalue weighted by atomic mass is 9.95. The van der Waals surface area contributed by atoms with Crippen molar-refractivity contribution in [3.8, 4) is 0 Å². The third-order valence-electron chi connectivity index (χ3n) is 4.31. The van der Waals surface area contributed by atoms with E-state index in [2.05, 4.69) is 42.2 Å². The fourth-order valence-corrected chi connectivity index (χ4v) is 3.31. The number of rotatable bonds is 3. The van der Waals surface area contributed by atoms with Gasteiger partial charge in [0, 0.05) is 6.54 Å². The van der Waals surface area contributed by atoms with Crippen LogP contribution >= 0.6 is 0 Å². The van der Waals surface area contributed by atoms with Gasteiger partial charge >= 0.3 is 0 Å². The molecule has 1 unspecified atom stereocenters. The minimum absolute atomic E-state index is 0.379. The molecule has 2 aliphatic heterocycles.